The smallest absolute Gasteiger partial charge is 0.247 e. The molecule has 8 heteroatoms. The quantitative estimate of drug-likeness (QED) is 0.825. The number of carbonyl (C=O) groups is 2. The zero-order valence-corrected chi connectivity index (χ0v) is 16.5. The molecule has 1 saturated carbocycles. The Kier molecular flexibility index (Phi) is 4.39. The average molecular weight is 402 g/mol. The number of rotatable bonds is 5. The zero-order chi connectivity index (χ0) is 20.7. The molecule has 2 aromatic heterocycles. The number of nitriles is 1. The number of pyridine rings is 2. The van der Waals surface area contributed by atoms with Crippen molar-refractivity contribution in [3.05, 3.63) is 36.7 Å². The van der Waals surface area contributed by atoms with Crippen molar-refractivity contribution in [2.45, 2.75) is 32.1 Å². The summed E-state index contributed by atoms with van der Waals surface area (Å²) in [4.78, 5) is 37.2. The number of hydrogen-bond acceptors (Lipinski definition) is 6. The minimum Gasteiger partial charge on any atom is -0.325 e. The third-order valence-electron chi connectivity index (χ3n) is 6.27. The van der Waals surface area contributed by atoms with Gasteiger partial charge in [-0.2, -0.15) is 5.26 Å². The number of aromatic nitrogens is 2. The van der Waals surface area contributed by atoms with Gasteiger partial charge in [0.25, 0.3) is 0 Å². The first-order valence-electron chi connectivity index (χ1n) is 10.3. The molecule has 0 aromatic carbocycles. The highest BCUT2D eigenvalue weighted by Crippen LogP contribution is 2.51. The predicted molar refractivity (Wildman–Crippen MR) is 111 cm³/mol. The molecule has 2 aliphatic heterocycles. The van der Waals surface area contributed by atoms with Crippen LogP contribution in [0.4, 0.5) is 23.0 Å². The molecule has 0 radical (unpaired) electrons. The lowest BCUT2D eigenvalue weighted by atomic mass is 9.83. The third kappa shape index (κ3) is 3.07. The number of nitrogens with one attached hydrogen (secondary N) is 1. The molecule has 1 atom stereocenters. The van der Waals surface area contributed by atoms with Gasteiger partial charge in [0, 0.05) is 55.4 Å². The molecule has 3 aliphatic rings. The number of amides is 2. The van der Waals surface area contributed by atoms with Gasteiger partial charge < -0.3 is 15.1 Å². The summed E-state index contributed by atoms with van der Waals surface area (Å²) in [7, 11) is 0. The van der Waals surface area contributed by atoms with E-state index in [9.17, 15) is 14.9 Å². The van der Waals surface area contributed by atoms with E-state index in [4.69, 9.17) is 0 Å². The van der Waals surface area contributed by atoms with Crippen LogP contribution in [0.15, 0.2) is 36.7 Å². The maximum Gasteiger partial charge on any atom is 0.247 e. The maximum absolute atomic E-state index is 13.0. The Morgan fingerprint density at radius 2 is 1.70 bits per heavy atom. The van der Waals surface area contributed by atoms with Gasteiger partial charge in [-0.1, -0.05) is 0 Å². The Morgan fingerprint density at radius 1 is 1.03 bits per heavy atom. The molecule has 30 heavy (non-hydrogen) atoms. The fourth-order valence-corrected chi connectivity index (χ4v) is 4.50. The van der Waals surface area contributed by atoms with E-state index in [2.05, 4.69) is 21.4 Å². The van der Waals surface area contributed by atoms with E-state index >= 15 is 0 Å². The summed E-state index contributed by atoms with van der Waals surface area (Å²) in [5.41, 5.74) is 0.667. The van der Waals surface area contributed by atoms with Crippen LogP contribution in [0.1, 0.15) is 32.1 Å². The summed E-state index contributed by atoms with van der Waals surface area (Å²) >= 11 is 0. The number of carbonyl (C=O) groups excluding carboxylic acids is 2. The Hall–Kier alpha value is -3.47. The third-order valence-corrected chi connectivity index (χ3v) is 6.27. The largest absolute Gasteiger partial charge is 0.325 e. The monoisotopic (exact) mass is 402 g/mol. The lowest BCUT2D eigenvalue weighted by molar-refractivity contribution is -0.123. The minimum absolute atomic E-state index is 0.0997. The van der Waals surface area contributed by atoms with Crippen molar-refractivity contribution >= 4 is 34.8 Å². The molecular weight excluding hydrogens is 380 g/mol. The SMILES string of the molecule is N#C[C@@]1(C2CC2)CCN(c2ccnc(Nc3cc(N4CCCC4=O)ccn3)c2)C1=O. The summed E-state index contributed by atoms with van der Waals surface area (Å²) < 4.78 is 0. The topological polar surface area (TPSA) is 102 Å². The first-order valence-corrected chi connectivity index (χ1v) is 10.3. The molecule has 0 bridgehead atoms. The highest BCUT2D eigenvalue weighted by atomic mass is 16.2. The lowest BCUT2D eigenvalue weighted by Crippen LogP contribution is -2.35. The van der Waals surface area contributed by atoms with Crippen molar-refractivity contribution in [1.29, 1.82) is 5.26 Å². The van der Waals surface area contributed by atoms with Gasteiger partial charge in [0.1, 0.15) is 17.1 Å². The second-order valence-electron chi connectivity index (χ2n) is 8.14. The summed E-state index contributed by atoms with van der Waals surface area (Å²) in [6, 6.07) is 9.55. The molecule has 2 saturated heterocycles. The van der Waals surface area contributed by atoms with Crippen molar-refractivity contribution < 1.29 is 9.59 Å². The van der Waals surface area contributed by atoms with Crippen molar-refractivity contribution in [3.8, 4) is 6.07 Å². The molecule has 8 nitrogen and oxygen atoms in total. The maximum atomic E-state index is 13.0. The van der Waals surface area contributed by atoms with E-state index < -0.39 is 5.41 Å². The number of hydrogen-bond donors (Lipinski definition) is 1. The van der Waals surface area contributed by atoms with Gasteiger partial charge in [-0.25, -0.2) is 9.97 Å². The Balaban J connectivity index is 1.36. The van der Waals surface area contributed by atoms with Crippen molar-refractivity contribution in [1.82, 2.24) is 9.97 Å². The van der Waals surface area contributed by atoms with Crippen molar-refractivity contribution in [2.75, 3.05) is 28.2 Å². The summed E-state index contributed by atoms with van der Waals surface area (Å²) in [6.45, 7) is 1.26. The van der Waals surface area contributed by atoms with Crippen LogP contribution in [-0.2, 0) is 9.59 Å². The molecule has 152 valence electrons. The molecule has 2 amide bonds. The molecule has 0 unspecified atom stereocenters. The molecular formula is C22H22N6O2. The molecule has 3 fully saturated rings. The standard InChI is InChI=1S/C22H22N6O2/c23-14-22(15-3-4-15)7-11-28(21(22)30)17-6-9-25-19(13-17)26-18-12-16(5-8-24-18)27-10-1-2-20(27)29/h5-6,8-9,12-13,15H,1-4,7,10-11H2,(H,24,25,26)/t22-/m1/s1. The molecule has 2 aromatic rings. The molecule has 5 rings (SSSR count). The number of anilines is 4. The fraction of sp³-hybridized carbons (Fsp3) is 0.409. The molecule has 1 aliphatic carbocycles. The Bertz CT molecular complexity index is 1060. The van der Waals surface area contributed by atoms with E-state index in [-0.39, 0.29) is 17.7 Å². The van der Waals surface area contributed by atoms with Crippen LogP contribution in [0.25, 0.3) is 0 Å². The highest BCUT2D eigenvalue weighted by molar-refractivity contribution is 6.02. The fourth-order valence-electron chi connectivity index (χ4n) is 4.50. The van der Waals surface area contributed by atoms with E-state index in [1.54, 1.807) is 34.3 Å². The number of nitrogens with zero attached hydrogens (tertiary/aromatic N) is 5. The summed E-state index contributed by atoms with van der Waals surface area (Å²) in [6.07, 6.45) is 7.23. The zero-order valence-electron chi connectivity index (χ0n) is 16.5. The average Bonchev–Trinajstić information content (AvgIpc) is 3.44. The van der Waals surface area contributed by atoms with Gasteiger partial charge in [0.15, 0.2) is 0 Å². The van der Waals surface area contributed by atoms with Crippen LogP contribution < -0.4 is 15.1 Å². The van der Waals surface area contributed by atoms with Gasteiger partial charge >= 0.3 is 0 Å². The normalized spacial score (nSPS) is 23.7. The van der Waals surface area contributed by atoms with Crippen LogP contribution in [-0.4, -0.2) is 34.9 Å². The van der Waals surface area contributed by atoms with Crippen molar-refractivity contribution in [3.63, 3.8) is 0 Å². The lowest BCUT2D eigenvalue weighted by Gasteiger charge is -2.21. The second kappa shape index (κ2) is 7.10. The summed E-state index contributed by atoms with van der Waals surface area (Å²) in [5.74, 6) is 1.35. The second-order valence-corrected chi connectivity index (χ2v) is 8.14. The molecule has 4 heterocycles. The Labute approximate surface area is 174 Å². The van der Waals surface area contributed by atoms with Crippen LogP contribution in [0.2, 0.25) is 0 Å². The van der Waals surface area contributed by atoms with Gasteiger partial charge in [-0.3, -0.25) is 9.59 Å². The van der Waals surface area contributed by atoms with Gasteiger partial charge in [-0.05, 0) is 43.7 Å². The van der Waals surface area contributed by atoms with Crippen LogP contribution in [0, 0.1) is 22.7 Å². The van der Waals surface area contributed by atoms with E-state index in [0.29, 0.717) is 37.6 Å². The minimum atomic E-state index is -0.866. The molecule has 1 N–H and O–H groups in total. The van der Waals surface area contributed by atoms with Gasteiger partial charge in [-0.15, -0.1) is 0 Å². The van der Waals surface area contributed by atoms with Gasteiger partial charge in [0.05, 0.1) is 6.07 Å². The molecule has 0 spiro atoms. The first-order chi connectivity index (χ1) is 14.6. The van der Waals surface area contributed by atoms with Crippen LogP contribution >= 0.6 is 0 Å². The van der Waals surface area contributed by atoms with Gasteiger partial charge in [0.2, 0.25) is 11.8 Å². The van der Waals surface area contributed by atoms with E-state index in [0.717, 1.165) is 30.6 Å². The van der Waals surface area contributed by atoms with Crippen molar-refractivity contribution in [2.24, 2.45) is 11.3 Å². The van der Waals surface area contributed by atoms with Crippen LogP contribution in [0.3, 0.4) is 0 Å². The van der Waals surface area contributed by atoms with E-state index in [1.165, 1.54) is 0 Å². The van der Waals surface area contributed by atoms with E-state index in [1.807, 2.05) is 12.1 Å². The predicted octanol–water partition coefficient (Wildman–Crippen LogP) is 3.00. The highest BCUT2D eigenvalue weighted by Gasteiger charge is 2.56. The summed E-state index contributed by atoms with van der Waals surface area (Å²) in [5, 5.41) is 12.9. The van der Waals surface area contributed by atoms with Crippen LogP contribution in [0.5, 0.6) is 0 Å². The first kappa shape index (κ1) is 18.6. The Morgan fingerprint density at radius 3 is 2.27 bits per heavy atom.